The van der Waals surface area contributed by atoms with Gasteiger partial charge < -0.3 is 10.0 Å². The van der Waals surface area contributed by atoms with Gasteiger partial charge in [-0.25, -0.2) is 4.68 Å². The van der Waals surface area contributed by atoms with Crippen LogP contribution in [0.1, 0.15) is 74.5 Å². The summed E-state index contributed by atoms with van der Waals surface area (Å²) in [6, 6.07) is 16.5. The number of rotatable bonds is 2. The Hall–Kier alpha value is -4.26. The highest BCUT2D eigenvalue weighted by Gasteiger charge is 2.26. The highest BCUT2D eigenvalue weighted by atomic mass is 16.4. The number of carbonyl (C=O) groups excluding carboxylic acids is 1. The molecule has 1 N–H and O–H groups in total. The smallest absolute Gasteiger partial charge is 0.304 e. The number of hydrogen-bond acceptors (Lipinski definition) is 4. The molecule has 40 heavy (non-hydrogen) atoms. The Labute approximate surface area is 234 Å². The molecule has 6 heterocycles. The van der Waals surface area contributed by atoms with Crippen LogP contribution in [0.3, 0.4) is 0 Å². The van der Waals surface area contributed by atoms with E-state index in [0.29, 0.717) is 13.1 Å². The highest BCUT2D eigenvalue weighted by molar-refractivity contribution is 5.96. The molecule has 1 amide bonds. The summed E-state index contributed by atoms with van der Waals surface area (Å²) >= 11 is 0. The number of amides is 1. The molecule has 1 atom stereocenters. The number of hydrogen-bond donors (Lipinski definition) is 1. The Kier molecular flexibility index (Phi) is 6.96. The van der Waals surface area contributed by atoms with Crippen molar-refractivity contribution in [1.82, 2.24) is 19.9 Å². The molecular weight excluding hydrogens is 500 g/mol. The third-order valence-electron chi connectivity index (χ3n) is 8.45. The molecule has 4 aromatic rings. The van der Waals surface area contributed by atoms with E-state index in [1.807, 2.05) is 41.6 Å². The molecule has 9 rings (SSSR count). The molecule has 0 spiro atoms. The van der Waals surface area contributed by atoms with Crippen molar-refractivity contribution >= 4 is 22.9 Å². The third kappa shape index (κ3) is 4.92. The molecule has 3 aromatic carbocycles. The summed E-state index contributed by atoms with van der Waals surface area (Å²) in [5, 5.41) is 18.8. The summed E-state index contributed by atoms with van der Waals surface area (Å²) in [5.74, 6) is -1.14. The number of carboxylic acid groups (broad SMARTS) is 1. The zero-order valence-corrected chi connectivity index (χ0v) is 23.1. The zero-order chi connectivity index (χ0) is 27.8. The minimum Gasteiger partial charge on any atom is -0.481 e. The molecule has 204 valence electrons. The Bertz CT molecular complexity index is 1650. The van der Waals surface area contributed by atoms with E-state index < -0.39 is 5.97 Å². The van der Waals surface area contributed by atoms with Crippen molar-refractivity contribution in [3.8, 4) is 0 Å². The van der Waals surface area contributed by atoms with E-state index >= 15 is 0 Å². The molecule has 0 saturated heterocycles. The maximum absolute atomic E-state index is 13.6. The number of aryl methyl sites for hydroxylation is 3. The summed E-state index contributed by atoms with van der Waals surface area (Å²) in [6.45, 7) is 5.96. The Morgan fingerprint density at radius 1 is 1.02 bits per heavy atom. The van der Waals surface area contributed by atoms with Crippen LogP contribution in [0.25, 0.3) is 11.0 Å². The van der Waals surface area contributed by atoms with Gasteiger partial charge in [-0.2, -0.15) is 0 Å². The summed E-state index contributed by atoms with van der Waals surface area (Å²) in [7, 11) is 0. The van der Waals surface area contributed by atoms with Crippen molar-refractivity contribution in [2.24, 2.45) is 0 Å². The second kappa shape index (κ2) is 10.7. The van der Waals surface area contributed by atoms with Crippen molar-refractivity contribution in [2.45, 2.75) is 65.0 Å². The average Bonchev–Trinajstić information content (AvgIpc) is 3.36. The molecule has 7 nitrogen and oxygen atoms in total. The predicted molar refractivity (Wildman–Crippen MR) is 155 cm³/mol. The van der Waals surface area contributed by atoms with Gasteiger partial charge in [0.2, 0.25) is 0 Å². The number of nitrogens with zero attached hydrogens (tertiary/aromatic N) is 4. The van der Waals surface area contributed by atoms with Crippen LogP contribution in [0.15, 0.2) is 60.7 Å². The largest absolute Gasteiger partial charge is 0.481 e. The van der Waals surface area contributed by atoms with Crippen molar-refractivity contribution in [3.05, 3.63) is 105 Å². The number of carbonyl (C=O) groups is 2. The van der Waals surface area contributed by atoms with Gasteiger partial charge in [-0.3, -0.25) is 9.59 Å². The molecule has 0 fully saturated rings. The highest BCUT2D eigenvalue weighted by Crippen LogP contribution is 2.35. The van der Waals surface area contributed by atoms with Crippen LogP contribution < -0.4 is 0 Å². The molecular formula is C33H34N4O3. The van der Waals surface area contributed by atoms with E-state index in [4.69, 9.17) is 0 Å². The maximum atomic E-state index is 13.6. The standard InChI is InChI=1S/C33H34N4O3/c1-21-17-23-7-5-3-4-6-15-37-30-13-12-28(22(2)32(30)34-35-37)29(19-31(38)39)25-10-9-24-14-16-36(20-26(24)18-25)33(40)27(21)11-8-23/h3,5,8-13,17-18,29H,4,6-7,14-16,19-20H2,1-2H3,(H,38,39)/b5-3+/t29-/m0/s1. The fourth-order valence-corrected chi connectivity index (χ4v) is 6.23. The number of aromatic nitrogens is 3. The van der Waals surface area contributed by atoms with Crippen LogP contribution >= 0.6 is 0 Å². The zero-order valence-electron chi connectivity index (χ0n) is 23.1. The van der Waals surface area contributed by atoms with E-state index in [1.54, 1.807) is 0 Å². The van der Waals surface area contributed by atoms with E-state index in [2.05, 4.69) is 52.8 Å². The molecule has 0 aliphatic carbocycles. The summed E-state index contributed by atoms with van der Waals surface area (Å²) in [4.78, 5) is 27.6. The number of carboxylic acids is 1. The fourth-order valence-electron chi connectivity index (χ4n) is 6.23. The van der Waals surface area contributed by atoms with Gasteiger partial charge in [-0.05, 0) is 90.6 Å². The number of allylic oxidation sites excluding steroid dienone is 2. The lowest BCUT2D eigenvalue weighted by atomic mass is 9.83. The number of aliphatic carboxylic acids is 1. The minimum atomic E-state index is -0.851. The van der Waals surface area contributed by atoms with Gasteiger partial charge in [0.25, 0.3) is 5.91 Å². The van der Waals surface area contributed by atoms with Crippen molar-refractivity contribution < 1.29 is 14.7 Å². The molecule has 0 radical (unpaired) electrons. The minimum absolute atomic E-state index is 0.0280. The van der Waals surface area contributed by atoms with Gasteiger partial charge in [0.1, 0.15) is 5.52 Å². The van der Waals surface area contributed by atoms with E-state index in [-0.39, 0.29) is 18.2 Å². The molecule has 0 unspecified atom stereocenters. The normalized spacial score (nSPS) is 18.3. The van der Waals surface area contributed by atoms with Crippen LogP contribution in [0.4, 0.5) is 0 Å². The maximum Gasteiger partial charge on any atom is 0.304 e. The van der Waals surface area contributed by atoms with E-state index in [9.17, 15) is 14.7 Å². The van der Waals surface area contributed by atoms with Crippen LogP contribution in [-0.4, -0.2) is 43.4 Å². The van der Waals surface area contributed by atoms with Gasteiger partial charge >= 0.3 is 5.97 Å². The lowest BCUT2D eigenvalue weighted by molar-refractivity contribution is -0.137. The summed E-state index contributed by atoms with van der Waals surface area (Å²) in [5.41, 5.74) is 9.87. The Balaban J connectivity index is 1.44. The van der Waals surface area contributed by atoms with Crippen LogP contribution in [0.5, 0.6) is 0 Å². The lowest BCUT2D eigenvalue weighted by Crippen LogP contribution is -2.36. The molecule has 5 aliphatic rings. The number of benzene rings is 3. The first-order valence-electron chi connectivity index (χ1n) is 14.1. The topological polar surface area (TPSA) is 88.3 Å². The average molecular weight is 535 g/mol. The second-order valence-electron chi connectivity index (χ2n) is 11.1. The van der Waals surface area contributed by atoms with Gasteiger partial charge in [-0.15, -0.1) is 5.10 Å². The first-order valence-corrected chi connectivity index (χ1v) is 14.1. The van der Waals surface area contributed by atoms with Crippen LogP contribution in [-0.2, 0) is 30.7 Å². The van der Waals surface area contributed by atoms with Crippen LogP contribution in [0.2, 0.25) is 0 Å². The van der Waals surface area contributed by atoms with Gasteiger partial charge in [-0.1, -0.05) is 53.8 Å². The summed E-state index contributed by atoms with van der Waals surface area (Å²) in [6.07, 6.45) is 7.86. The quantitative estimate of drug-likeness (QED) is 0.331. The van der Waals surface area contributed by atoms with E-state index in [0.717, 1.165) is 76.6 Å². The first-order chi connectivity index (χ1) is 19.4. The van der Waals surface area contributed by atoms with Gasteiger partial charge in [0.15, 0.2) is 0 Å². The Morgan fingerprint density at radius 3 is 2.73 bits per heavy atom. The SMILES string of the molecule is Cc1cc2ccc1C(=O)N1CCc3ccc(cc3C1)[C@H](CC(=O)O)c1ccc3c(nnn3CCC/C=C/C2)c1C. The van der Waals surface area contributed by atoms with Crippen molar-refractivity contribution in [1.29, 1.82) is 0 Å². The molecule has 9 bridgehead atoms. The van der Waals surface area contributed by atoms with E-state index in [1.165, 1.54) is 11.1 Å². The van der Waals surface area contributed by atoms with Crippen molar-refractivity contribution in [3.63, 3.8) is 0 Å². The molecule has 5 aliphatic heterocycles. The molecule has 7 heteroatoms. The predicted octanol–water partition coefficient (Wildman–Crippen LogP) is 5.75. The van der Waals surface area contributed by atoms with Crippen LogP contribution in [0, 0.1) is 13.8 Å². The monoisotopic (exact) mass is 534 g/mol. The molecule has 0 saturated carbocycles. The summed E-state index contributed by atoms with van der Waals surface area (Å²) < 4.78 is 1.95. The third-order valence-corrected chi connectivity index (χ3v) is 8.45. The molecule has 1 aromatic heterocycles. The van der Waals surface area contributed by atoms with Gasteiger partial charge in [0.05, 0.1) is 11.9 Å². The first kappa shape index (κ1) is 26.0. The lowest BCUT2D eigenvalue weighted by Gasteiger charge is -2.30. The second-order valence-corrected chi connectivity index (χ2v) is 11.1. The fraction of sp³-hybridized carbons (Fsp3) is 0.333. The van der Waals surface area contributed by atoms with Gasteiger partial charge in [0, 0.05) is 31.1 Å². The Morgan fingerprint density at radius 2 is 1.90 bits per heavy atom. The van der Waals surface area contributed by atoms with Crippen molar-refractivity contribution in [2.75, 3.05) is 6.54 Å².